The lowest BCUT2D eigenvalue weighted by molar-refractivity contribution is -0.384. The predicted octanol–water partition coefficient (Wildman–Crippen LogP) is 3.60. The molecule has 7 nitrogen and oxygen atoms in total. The molecule has 0 bridgehead atoms. The number of nitrogens with one attached hydrogen (secondary N) is 2. The number of hydrogen-bond acceptors (Lipinski definition) is 4. The molecule has 3 aromatic rings. The summed E-state index contributed by atoms with van der Waals surface area (Å²) < 4.78 is 0.514. The Bertz CT molecular complexity index is 932. The van der Waals surface area contributed by atoms with Crippen molar-refractivity contribution in [3.63, 3.8) is 0 Å². The Balaban J connectivity index is 1.71. The number of carbonyl (C=O) groups excluding carboxylic acids is 1. The van der Waals surface area contributed by atoms with E-state index in [9.17, 15) is 14.9 Å². The van der Waals surface area contributed by atoms with E-state index in [2.05, 4.69) is 31.4 Å². The summed E-state index contributed by atoms with van der Waals surface area (Å²) >= 11 is 3.24. The SMILES string of the molecule is O=C(NN=Cc1ccc([N+](=O)[O-])cc1Br)c1cc2ccccc2[nH]1. The summed E-state index contributed by atoms with van der Waals surface area (Å²) in [5.41, 5.74) is 4.26. The second kappa shape index (κ2) is 6.63. The molecule has 0 atom stereocenters. The summed E-state index contributed by atoms with van der Waals surface area (Å²) in [6.45, 7) is 0. The number of benzene rings is 2. The number of nitro groups is 1. The van der Waals surface area contributed by atoms with Gasteiger partial charge in [0.1, 0.15) is 5.69 Å². The first-order chi connectivity index (χ1) is 11.5. The Morgan fingerprint density at radius 1 is 1.25 bits per heavy atom. The van der Waals surface area contributed by atoms with Crippen LogP contribution in [0.3, 0.4) is 0 Å². The fourth-order valence-electron chi connectivity index (χ4n) is 2.15. The van der Waals surface area contributed by atoms with Crippen molar-refractivity contribution in [2.45, 2.75) is 0 Å². The van der Waals surface area contributed by atoms with Gasteiger partial charge in [-0.3, -0.25) is 14.9 Å². The van der Waals surface area contributed by atoms with Gasteiger partial charge in [-0.05, 0) is 34.1 Å². The number of halogens is 1. The minimum atomic E-state index is -0.483. The monoisotopic (exact) mass is 386 g/mol. The molecule has 0 spiro atoms. The van der Waals surface area contributed by atoms with Crippen molar-refractivity contribution in [1.29, 1.82) is 0 Å². The molecule has 0 aliphatic rings. The van der Waals surface area contributed by atoms with Crippen LogP contribution in [0.4, 0.5) is 5.69 Å². The highest BCUT2D eigenvalue weighted by Crippen LogP contribution is 2.21. The highest BCUT2D eigenvalue weighted by atomic mass is 79.9. The molecule has 0 aliphatic carbocycles. The summed E-state index contributed by atoms with van der Waals surface area (Å²) in [6.07, 6.45) is 1.41. The van der Waals surface area contributed by atoms with Crippen molar-refractivity contribution in [2.75, 3.05) is 0 Å². The largest absolute Gasteiger partial charge is 0.350 e. The molecule has 0 unspecified atom stereocenters. The topological polar surface area (TPSA) is 100 Å². The number of aromatic amines is 1. The molecule has 8 heteroatoms. The van der Waals surface area contributed by atoms with Gasteiger partial charge < -0.3 is 4.98 Å². The lowest BCUT2D eigenvalue weighted by Gasteiger charge is -1.99. The Morgan fingerprint density at radius 3 is 2.75 bits per heavy atom. The summed E-state index contributed by atoms with van der Waals surface area (Å²) in [5.74, 6) is -0.375. The van der Waals surface area contributed by atoms with Crippen LogP contribution in [0.1, 0.15) is 16.1 Å². The number of H-pyrrole nitrogens is 1. The molecule has 2 aromatic carbocycles. The van der Waals surface area contributed by atoms with E-state index in [1.165, 1.54) is 18.3 Å². The van der Waals surface area contributed by atoms with Crippen LogP contribution in [0.15, 0.2) is 58.1 Å². The highest BCUT2D eigenvalue weighted by molar-refractivity contribution is 9.10. The lowest BCUT2D eigenvalue weighted by Crippen LogP contribution is -2.17. The summed E-state index contributed by atoms with van der Waals surface area (Å²) in [4.78, 5) is 25.3. The van der Waals surface area contributed by atoms with Gasteiger partial charge in [-0.2, -0.15) is 5.10 Å². The van der Waals surface area contributed by atoms with Gasteiger partial charge in [0, 0.05) is 33.1 Å². The molecule has 0 fully saturated rings. The van der Waals surface area contributed by atoms with Gasteiger partial charge in [0.05, 0.1) is 11.1 Å². The first kappa shape index (κ1) is 15.9. The minimum Gasteiger partial charge on any atom is -0.350 e. The Morgan fingerprint density at radius 2 is 2.04 bits per heavy atom. The van der Waals surface area contributed by atoms with E-state index in [0.717, 1.165) is 10.9 Å². The first-order valence-corrected chi connectivity index (χ1v) is 7.69. The Kier molecular flexibility index (Phi) is 4.39. The maximum Gasteiger partial charge on any atom is 0.287 e. The van der Waals surface area contributed by atoms with E-state index in [1.807, 2.05) is 24.3 Å². The fraction of sp³-hybridized carbons (Fsp3) is 0. The molecule has 0 radical (unpaired) electrons. The average Bonchev–Trinajstić information content (AvgIpc) is 3.00. The molecule has 24 heavy (non-hydrogen) atoms. The number of nitro benzene ring substituents is 1. The maximum atomic E-state index is 12.1. The van der Waals surface area contributed by atoms with E-state index < -0.39 is 4.92 Å². The van der Waals surface area contributed by atoms with Crippen LogP contribution < -0.4 is 5.43 Å². The molecule has 1 aromatic heterocycles. The van der Waals surface area contributed by atoms with Gasteiger partial charge in [-0.15, -0.1) is 0 Å². The smallest absolute Gasteiger partial charge is 0.287 e. The van der Waals surface area contributed by atoms with E-state index in [-0.39, 0.29) is 11.6 Å². The number of nitrogens with zero attached hydrogens (tertiary/aromatic N) is 2. The molecule has 1 heterocycles. The highest BCUT2D eigenvalue weighted by Gasteiger charge is 2.09. The number of aromatic nitrogens is 1. The zero-order valence-electron chi connectivity index (χ0n) is 12.2. The van der Waals surface area contributed by atoms with Gasteiger partial charge >= 0.3 is 0 Å². The number of non-ortho nitro benzene ring substituents is 1. The van der Waals surface area contributed by atoms with E-state index in [0.29, 0.717) is 15.7 Å². The molecular weight excluding hydrogens is 376 g/mol. The third-order valence-electron chi connectivity index (χ3n) is 3.34. The molecule has 0 aliphatic heterocycles. The molecule has 2 N–H and O–H groups in total. The summed E-state index contributed by atoms with van der Waals surface area (Å²) in [6, 6.07) is 13.6. The number of hydrazone groups is 1. The second-order valence-electron chi connectivity index (χ2n) is 4.93. The number of hydrogen-bond donors (Lipinski definition) is 2. The Labute approximate surface area is 144 Å². The van der Waals surface area contributed by atoms with Crippen molar-refractivity contribution in [3.05, 3.63) is 74.4 Å². The van der Waals surface area contributed by atoms with Crippen LogP contribution in [0.25, 0.3) is 10.9 Å². The molecule has 0 saturated carbocycles. The third kappa shape index (κ3) is 3.33. The van der Waals surface area contributed by atoms with Crippen molar-refractivity contribution in [1.82, 2.24) is 10.4 Å². The zero-order chi connectivity index (χ0) is 17.1. The van der Waals surface area contributed by atoms with E-state index in [4.69, 9.17) is 0 Å². The number of rotatable bonds is 4. The Hall–Kier alpha value is -3.00. The van der Waals surface area contributed by atoms with Gasteiger partial charge in [0.25, 0.3) is 11.6 Å². The average molecular weight is 387 g/mol. The normalized spacial score (nSPS) is 11.0. The van der Waals surface area contributed by atoms with Crippen LogP contribution >= 0.6 is 15.9 Å². The molecular formula is C16H11BrN4O3. The standard InChI is InChI=1S/C16H11BrN4O3/c17-13-8-12(21(23)24)6-5-11(13)9-18-20-16(22)15-7-10-3-1-2-4-14(10)19-15/h1-9,19H,(H,20,22). The van der Waals surface area contributed by atoms with E-state index in [1.54, 1.807) is 12.1 Å². The van der Waals surface area contributed by atoms with Gasteiger partial charge in [0.2, 0.25) is 0 Å². The van der Waals surface area contributed by atoms with Crippen LogP contribution in [-0.2, 0) is 0 Å². The number of fused-ring (bicyclic) bond motifs is 1. The predicted molar refractivity (Wildman–Crippen MR) is 94.2 cm³/mol. The van der Waals surface area contributed by atoms with Gasteiger partial charge in [0.15, 0.2) is 0 Å². The fourth-order valence-corrected chi connectivity index (χ4v) is 2.62. The zero-order valence-corrected chi connectivity index (χ0v) is 13.8. The van der Waals surface area contributed by atoms with Crippen LogP contribution in [0.2, 0.25) is 0 Å². The van der Waals surface area contributed by atoms with Crippen LogP contribution in [0.5, 0.6) is 0 Å². The molecule has 120 valence electrons. The third-order valence-corrected chi connectivity index (χ3v) is 4.03. The first-order valence-electron chi connectivity index (χ1n) is 6.90. The van der Waals surface area contributed by atoms with Crippen molar-refractivity contribution < 1.29 is 9.72 Å². The van der Waals surface area contributed by atoms with Crippen LogP contribution in [0, 0.1) is 10.1 Å². The number of carbonyl (C=O) groups is 1. The van der Waals surface area contributed by atoms with E-state index >= 15 is 0 Å². The number of para-hydroxylation sites is 1. The second-order valence-corrected chi connectivity index (χ2v) is 5.79. The lowest BCUT2D eigenvalue weighted by atomic mass is 10.2. The van der Waals surface area contributed by atoms with Crippen molar-refractivity contribution in [2.24, 2.45) is 5.10 Å². The molecule has 1 amide bonds. The van der Waals surface area contributed by atoms with Crippen molar-refractivity contribution in [3.8, 4) is 0 Å². The quantitative estimate of drug-likeness (QED) is 0.406. The number of amides is 1. The van der Waals surface area contributed by atoms with Crippen LogP contribution in [-0.4, -0.2) is 22.0 Å². The van der Waals surface area contributed by atoms with Gasteiger partial charge in [-0.1, -0.05) is 18.2 Å². The maximum absolute atomic E-state index is 12.1. The summed E-state index contributed by atoms with van der Waals surface area (Å²) in [5, 5.41) is 15.5. The molecule has 3 rings (SSSR count). The molecule has 0 saturated heterocycles. The van der Waals surface area contributed by atoms with Gasteiger partial charge in [-0.25, -0.2) is 5.43 Å². The summed E-state index contributed by atoms with van der Waals surface area (Å²) in [7, 11) is 0. The minimum absolute atomic E-state index is 0.0267. The van der Waals surface area contributed by atoms with Crippen molar-refractivity contribution >= 4 is 44.6 Å².